The van der Waals surface area contributed by atoms with Crippen LogP contribution in [0.1, 0.15) is 30.4 Å². The van der Waals surface area contributed by atoms with Crippen molar-refractivity contribution < 1.29 is 5.11 Å². The normalized spacial score (nSPS) is 14.1. The summed E-state index contributed by atoms with van der Waals surface area (Å²) in [5, 5.41) is 11.2. The van der Waals surface area contributed by atoms with E-state index in [4.69, 9.17) is 11.6 Å². The fourth-order valence-electron chi connectivity index (χ4n) is 2.43. The number of aliphatic hydroxyl groups is 1. The van der Waals surface area contributed by atoms with Gasteiger partial charge in [0.05, 0.1) is 6.10 Å². The average Bonchev–Trinajstić information content (AvgIpc) is 2.43. The molecule has 0 saturated heterocycles. The number of aliphatic hydroxyl groups excluding tert-OH is 1. The van der Waals surface area contributed by atoms with E-state index >= 15 is 0 Å². The van der Waals surface area contributed by atoms with Gasteiger partial charge in [-0.25, -0.2) is 0 Å². The molecule has 0 radical (unpaired) electrons. The molecule has 0 saturated carbocycles. The minimum Gasteiger partial charge on any atom is -0.392 e. The van der Waals surface area contributed by atoms with E-state index in [2.05, 4.69) is 19.1 Å². The highest BCUT2D eigenvalue weighted by molar-refractivity contribution is 6.30. The van der Waals surface area contributed by atoms with Crippen LogP contribution in [0.4, 0.5) is 0 Å². The lowest BCUT2D eigenvalue weighted by Crippen LogP contribution is -2.20. The van der Waals surface area contributed by atoms with E-state index in [1.807, 2.05) is 42.5 Å². The van der Waals surface area contributed by atoms with Crippen LogP contribution in [0, 0.1) is 0 Å². The van der Waals surface area contributed by atoms with Crippen LogP contribution < -0.4 is 0 Å². The van der Waals surface area contributed by atoms with Crippen molar-refractivity contribution in [2.24, 2.45) is 0 Å². The van der Waals surface area contributed by atoms with Crippen molar-refractivity contribution in [1.29, 1.82) is 0 Å². The molecule has 1 nitrogen and oxygen atoms in total. The highest BCUT2D eigenvalue weighted by atomic mass is 35.5. The molecule has 2 aromatic rings. The largest absolute Gasteiger partial charge is 0.392 e. The first-order chi connectivity index (χ1) is 9.20. The van der Waals surface area contributed by atoms with Gasteiger partial charge in [0.15, 0.2) is 0 Å². The Morgan fingerprint density at radius 2 is 1.63 bits per heavy atom. The molecule has 2 heteroatoms. The second kappa shape index (κ2) is 6.74. The van der Waals surface area contributed by atoms with Crippen molar-refractivity contribution in [3.8, 4) is 0 Å². The number of benzene rings is 2. The van der Waals surface area contributed by atoms with Crippen LogP contribution in [-0.2, 0) is 6.42 Å². The zero-order chi connectivity index (χ0) is 13.7. The Balaban J connectivity index is 2.09. The molecule has 19 heavy (non-hydrogen) atoms. The maximum atomic E-state index is 10.5. The summed E-state index contributed by atoms with van der Waals surface area (Å²) in [4.78, 5) is 0. The van der Waals surface area contributed by atoms with E-state index in [-0.39, 0.29) is 12.0 Å². The van der Waals surface area contributed by atoms with Gasteiger partial charge in [-0.15, -0.1) is 0 Å². The second-order valence-corrected chi connectivity index (χ2v) is 5.26. The van der Waals surface area contributed by atoms with Crippen LogP contribution in [0.5, 0.6) is 0 Å². The molecule has 0 spiro atoms. The maximum absolute atomic E-state index is 10.5. The Morgan fingerprint density at radius 3 is 2.21 bits per heavy atom. The first-order valence-electron chi connectivity index (χ1n) is 6.68. The molecule has 0 aliphatic rings. The molecule has 0 aromatic heterocycles. The lowest BCUT2D eigenvalue weighted by atomic mass is 9.88. The molecular weight excluding hydrogens is 256 g/mol. The van der Waals surface area contributed by atoms with Crippen LogP contribution in [0.3, 0.4) is 0 Å². The van der Waals surface area contributed by atoms with Crippen LogP contribution >= 0.6 is 11.6 Å². The predicted molar refractivity (Wildman–Crippen MR) is 80.6 cm³/mol. The minimum atomic E-state index is -0.367. The summed E-state index contributed by atoms with van der Waals surface area (Å²) in [6, 6.07) is 17.9. The fraction of sp³-hybridized carbons (Fsp3) is 0.294. The molecule has 0 fully saturated rings. The van der Waals surface area contributed by atoms with Crippen LogP contribution in [-0.4, -0.2) is 11.2 Å². The molecule has 0 heterocycles. The van der Waals surface area contributed by atoms with Gasteiger partial charge in [0.1, 0.15) is 0 Å². The molecule has 100 valence electrons. The summed E-state index contributed by atoms with van der Waals surface area (Å²) in [6.07, 6.45) is 1.22. The Bertz CT molecular complexity index is 492. The number of hydrogen-bond acceptors (Lipinski definition) is 1. The van der Waals surface area contributed by atoms with Crippen molar-refractivity contribution in [2.45, 2.75) is 31.8 Å². The molecule has 2 atom stereocenters. The van der Waals surface area contributed by atoms with Crippen LogP contribution in [0.25, 0.3) is 0 Å². The van der Waals surface area contributed by atoms with Gasteiger partial charge >= 0.3 is 0 Å². The summed E-state index contributed by atoms with van der Waals surface area (Å²) in [7, 11) is 0. The van der Waals surface area contributed by atoms with Crippen LogP contribution in [0.2, 0.25) is 5.02 Å². The molecule has 2 unspecified atom stereocenters. The Hall–Kier alpha value is -1.31. The highest BCUT2D eigenvalue weighted by Crippen LogP contribution is 2.25. The summed E-state index contributed by atoms with van der Waals surface area (Å²) >= 11 is 5.87. The number of rotatable bonds is 5. The lowest BCUT2D eigenvalue weighted by molar-refractivity contribution is 0.141. The van der Waals surface area contributed by atoms with Gasteiger partial charge in [0.25, 0.3) is 0 Å². The van der Waals surface area contributed by atoms with Gasteiger partial charge in [0, 0.05) is 10.9 Å². The Kier molecular flexibility index (Phi) is 5.00. The van der Waals surface area contributed by atoms with E-state index < -0.39 is 0 Å². The second-order valence-electron chi connectivity index (χ2n) is 4.82. The van der Waals surface area contributed by atoms with Crippen LogP contribution in [0.15, 0.2) is 54.6 Å². The zero-order valence-corrected chi connectivity index (χ0v) is 11.8. The summed E-state index contributed by atoms with van der Waals surface area (Å²) in [6.45, 7) is 2.11. The predicted octanol–water partition coefficient (Wildman–Crippen LogP) is 4.44. The average molecular weight is 275 g/mol. The van der Waals surface area contributed by atoms with Gasteiger partial charge in [-0.1, -0.05) is 61.0 Å². The number of halogens is 1. The van der Waals surface area contributed by atoms with Crippen molar-refractivity contribution >= 4 is 11.6 Å². The first-order valence-corrected chi connectivity index (χ1v) is 7.06. The van der Waals surface area contributed by atoms with E-state index in [0.717, 1.165) is 17.0 Å². The van der Waals surface area contributed by atoms with E-state index in [1.165, 1.54) is 5.56 Å². The molecule has 0 aliphatic heterocycles. The van der Waals surface area contributed by atoms with E-state index in [0.29, 0.717) is 6.42 Å². The van der Waals surface area contributed by atoms with Crippen molar-refractivity contribution in [3.63, 3.8) is 0 Å². The van der Waals surface area contributed by atoms with Gasteiger partial charge in [-0.3, -0.25) is 0 Å². The Morgan fingerprint density at radius 1 is 1.00 bits per heavy atom. The van der Waals surface area contributed by atoms with E-state index in [9.17, 15) is 5.11 Å². The van der Waals surface area contributed by atoms with E-state index in [1.54, 1.807) is 0 Å². The molecule has 0 aliphatic carbocycles. The third kappa shape index (κ3) is 3.82. The molecular formula is C17H19ClO. The molecule has 1 N–H and O–H groups in total. The van der Waals surface area contributed by atoms with Gasteiger partial charge < -0.3 is 5.11 Å². The monoisotopic (exact) mass is 274 g/mol. The van der Waals surface area contributed by atoms with Gasteiger partial charge in [0.2, 0.25) is 0 Å². The topological polar surface area (TPSA) is 20.2 Å². The lowest BCUT2D eigenvalue weighted by Gasteiger charge is -2.22. The first kappa shape index (κ1) is 14.1. The number of hydrogen-bond donors (Lipinski definition) is 1. The van der Waals surface area contributed by atoms with Crippen molar-refractivity contribution in [2.75, 3.05) is 0 Å². The third-order valence-corrected chi connectivity index (χ3v) is 3.74. The van der Waals surface area contributed by atoms with Gasteiger partial charge in [-0.05, 0) is 36.1 Å². The molecule has 2 aromatic carbocycles. The fourth-order valence-corrected chi connectivity index (χ4v) is 2.56. The minimum absolute atomic E-state index is 0.178. The smallest absolute Gasteiger partial charge is 0.0648 e. The SMILES string of the molecule is CCC(c1ccccc1)C(O)Cc1ccc(Cl)cc1. The van der Waals surface area contributed by atoms with Crippen molar-refractivity contribution in [3.05, 3.63) is 70.7 Å². The standard InChI is InChI=1S/C17H19ClO/c1-2-16(14-6-4-3-5-7-14)17(19)12-13-8-10-15(18)11-9-13/h3-11,16-17,19H,2,12H2,1H3. The quantitative estimate of drug-likeness (QED) is 0.855. The highest BCUT2D eigenvalue weighted by Gasteiger charge is 2.19. The summed E-state index contributed by atoms with van der Waals surface area (Å²) in [5.74, 6) is 0.178. The maximum Gasteiger partial charge on any atom is 0.0648 e. The third-order valence-electron chi connectivity index (χ3n) is 3.49. The summed E-state index contributed by atoms with van der Waals surface area (Å²) < 4.78 is 0. The molecule has 0 bridgehead atoms. The molecule has 2 rings (SSSR count). The van der Waals surface area contributed by atoms with Crippen molar-refractivity contribution in [1.82, 2.24) is 0 Å². The van der Waals surface area contributed by atoms with Gasteiger partial charge in [-0.2, -0.15) is 0 Å². The Labute approximate surface area is 119 Å². The summed E-state index contributed by atoms with van der Waals surface area (Å²) in [5.41, 5.74) is 2.32. The zero-order valence-electron chi connectivity index (χ0n) is 11.1. The molecule has 0 amide bonds.